The topological polar surface area (TPSA) is 74.9 Å². The molecule has 0 radical (unpaired) electrons. The van der Waals surface area contributed by atoms with Crippen molar-refractivity contribution in [1.82, 2.24) is 4.57 Å². The smallest absolute Gasteiger partial charge is 0.263 e. The van der Waals surface area contributed by atoms with E-state index in [0.29, 0.717) is 10.6 Å². The minimum atomic E-state index is -0.660. The van der Waals surface area contributed by atoms with Crippen molar-refractivity contribution in [1.29, 1.82) is 5.26 Å². The molecule has 0 fully saturated rings. The highest BCUT2D eigenvalue weighted by Gasteiger charge is 2.15. The molecule has 0 saturated heterocycles. The quantitative estimate of drug-likeness (QED) is 0.746. The molecule has 2 aromatic carbocycles. The van der Waals surface area contributed by atoms with E-state index in [-0.39, 0.29) is 23.4 Å². The van der Waals surface area contributed by atoms with Crippen molar-refractivity contribution in [3.05, 3.63) is 98.7 Å². The maximum Gasteiger partial charge on any atom is 0.263 e. The number of carbonyl (C=O) groups is 1. The van der Waals surface area contributed by atoms with Crippen LogP contribution in [0.5, 0.6) is 0 Å². The van der Waals surface area contributed by atoms with Gasteiger partial charge >= 0.3 is 0 Å². The summed E-state index contributed by atoms with van der Waals surface area (Å²) in [6.07, 6.45) is 1.52. The lowest BCUT2D eigenvalue weighted by atomic mass is 10.1. The van der Waals surface area contributed by atoms with E-state index in [1.807, 2.05) is 6.07 Å². The third kappa shape index (κ3) is 4.22. The third-order valence-electron chi connectivity index (χ3n) is 3.86. The van der Waals surface area contributed by atoms with Gasteiger partial charge in [-0.3, -0.25) is 9.59 Å². The number of nitrogens with zero attached hydrogens (tertiary/aromatic N) is 2. The van der Waals surface area contributed by atoms with Gasteiger partial charge in [-0.25, -0.2) is 4.39 Å². The highest BCUT2D eigenvalue weighted by Crippen LogP contribution is 2.20. The van der Waals surface area contributed by atoms with Crippen LogP contribution in [-0.2, 0) is 6.54 Å². The van der Waals surface area contributed by atoms with E-state index in [9.17, 15) is 14.0 Å². The average Bonchev–Trinajstić information content (AvgIpc) is 2.63. The third-order valence-corrected chi connectivity index (χ3v) is 4.09. The number of anilines is 1. The fraction of sp³-hybridized carbons (Fsp3) is 0.0500. The van der Waals surface area contributed by atoms with E-state index in [1.54, 1.807) is 18.2 Å². The van der Waals surface area contributed by atoms with Gasteiger partial charge < -0.3 is 9.88 Å². The summed E-state index contributed by atoms with van der Waals surface area (Å²) in [7, 11) is 0. The van der Waals surface area contributed by atoms with Crippen LogP contribution < -0.4 is 10.9 Å². The zero-order chi connectivity index (χ0) is 19.4. The number of pyridine rings is 1. The summed E-state index contributed by atoms with van der Waals surface area (Å²) in [5.41, 5.74) is 0.410. The minimum absolute atomic E-state index is 0.0993. The van der Waals surface area contributed by atoms with Crippen molar-refractivity contribution in [2.45, 2.75) is 6.54 Å². The number of nitriles is 1. The van der Waals surface area contributed by atoms with Gasteiger partial charge in [0, 0.05) is 11.2 Å². The highest BCUT2D eigenvalue weighted by atomic mass is 35.5. The molecule has 134 valence electrons. The molecule has 3 aromatic rings. The fourth-order valence-electron chi connectivity index (χ4n) is 2.57. The van der Waals surface area contributed by atoms with Crippen molar-refractivity contribution in [3.8, 4) is 6.07 Å². The molecule has 0 aliphatic heterocycles. The maximum absolute atomic E-state index is 13.3. The van der Waals surface area contributed by atoms with Gasteiger partial charge in [0.2, 0.25) is 0 Å². The van der Waals surface area contributed by atoms with E-state index in [2.05, 4.69) is 5.32 Å². The van der Waals surface area contributed by atoms with Crippen LogP contribution in [0.25, 0.3) is 0 Å². The Labute approximate surface area is 159 Å². The Balaban J connectivity index is 1.90. The molecule has 1 aromatic heterocycles. The number of hydrogen-bond acceptors (Lipinski definition) is 3. The van der Waals surface area contributed by atoms with Crippen LogP contribution in [0.4, 0.5) is 10.1 Å². The van der Waals surface area contributed by atoms with Crippen LogP contribution in [0.2, 0.25) is 5.02 Å². The van der Waals surface area contributed by atoms with Crippen molar-refractivity contribution in [2.75, 3.05) is 5.32 Å². The maximum atomic E-state index is 13.3. The molecule has 5 nitrogen and oxygen atoms in total. The second-order valence-corrected chi connectivity index (χ2v) is 6.18. The molecule has 1 N–H and O–H groups in total. The summed E-state index contributed by atoms with van der Waals surface area (Å²) in [4.78, 5) is 25.2. The van der Waals surface area contributed by atoms with Gasteiger partial charge in [0.1, 0.15) is 17.4 Å². The number of carbonyl (C=O) groups excluding carboxylic acids is 1. The van der Waals surface area contributed by atoms with Crippen LogP contribution in [0.3, 0.4) is 0 Å². The Kier molecular flexibility index (Phi) is 5.34. The summed E-state index contributed by atoms with van der Waals surface area (Å²) >= 11 is 5.91. The molecule has 0 spiro atoms. The molecule has 27 heavy (non-hydrogen) atoms. The standard InChI is InChI=1S/C20H13ClFN3O2/c21-15-7-6-14(11-23)18(10-15)24-19(26)17-5-2-8-25(20(17)27)12-13-3-1-4-16(22)9-13/h1-10H,12H2,(H,24,26). The van der Waals surface area contributed by atoms with Crippen molar-refractivity contribution >= 4 is 23.2 Å². The summed E-state index contributed by atoms with van der Waals surface area (Å²) < 4.78 is 14.6. The van der Waals surface area contributed by atoms with Crippen LogP contribution in [0.1, 0.15) is 21.5 Å². The molecule has 1 heterocycles. The number of aromatic nitrogens is 1. The molecule has 0 aliphatic rings. The molecule has 7 heteroatoms. The molecule has 1 amide bonds. The minimum Gasteiger partial charge on any atom is -0.321 e. The summed E-state index contributed by atoms with van der Waals surface area (Å²) in [5.74, 6) is -1.06. The first kappa shape index (κ1) is 18.4. The van der Waals surface area contributed by atoms with E-state index in [4.69, 9.17) is 16.9 Å². The second-order valence-electron chi connectivity index (χ2n) is 5.74. The van der Waals surface area contributed by atoms with E-state index >= 15 is 0 Å². The van der Waals surface area contributed by atoms with Crippen molar-refractivity contribution < 1.29 is 9.18 Å². The van der Waals surface area contributed by atoms with Gasteiger partial charge in [-0.15, -0.1) is 0 Å². The number of rotatable bonds is 4. The predicted molar refractivity (Wildman–Crippen MR) is 100 cm³/mol. The van der Waals surface area contributed by atoms with E-state index in [0.717, 1.165) is 0 Å². The van der Waals surface area contributed by atoms with Crippen LogP contribution in [0.15, 0.2) is 65.6 Å². The molecule has 0 atom stereocenters. The molecule has 0 bridgehead atoms. The zero-order valence-electron chi connectivity index (χ0n) is 13.9. The number of halogens is 2. The number of amides is 1. The van der Waals surface area contributed by atoms with Crippen molar-refractivity contribution in [3.63, 3.8) is 0 Å². The van der Waals surface area contributed by atoms with Crippen LogP contribution in [-0.4, -0.2) is 10.5 Å². The van der Waals surface area contributed by atoms with Gasteiger partial charge in [0.15, 0.2) is 0 Å². The Bertz CT molecular complexity index is 1120. The highest BCUT2D eigenvalue weighted by molar-refractivity contribution is 6.31. The molecule has 0 aliphatic carbocycles. The van der Waals surface area contributed by atoms with Gasteiger partial charge in [-0.05, 0) is 48.0 Å². The van der Waals surface area contributed by atoms with Crippen LogP contribution >= 0.6 is 11.6 Å². The Morgan fingerprint density at radius 3 is 2.74 bits per heavy atom. The lowest BCUT2D eigenvalue weighted by Gasteiger charge is -2.10. The molecule has 0 unspecified atom stereocenters. The number of benzene rings is 2. The number of nitrogens with one attached hydrogen (secondary N) is 1. The predicted octanol–water partition coefficient (Wildman–Crippen LogP) is 3.81. The molecular formula is C20H13ClFN3O2. The first-order valence-electron chi connectivity index (χ1n) is 7.93. The Morgan fingerprint density at radius 1 is 1.19 bits per heavy atom. The van der Waals surface area contributed by atoms with Gasteiger partial charge in [0.05, 0.1) is 17.8 Å². The Hall–Kier alpha value is -3.43. The molecule has 3 rings (SSSR count). The average molecular weight is 382 g/mol. The van der Waals surface area contributed by atoms with Gasteiger partial charge in [-0.1, -0.05) is 23.7 Å². The second kappa shape index (κ2) is 7.85. The van der Waals surface area contributed by atoms with E-state index < -0.39 is 17.3 Å². The summed E-state index contributed by atoms with van der Waals surface area (Å²) in [5, 5.41) is 12.0. The zero-order valence-corrected chi connectivity index (χ0v) is 14.7. The largest absolute Gasteiger partial charge is 0.321 e. The first-order valence-corrected chi connectivity index (χ1v) is 8.30. The Morgan fingerprint density at radius 2 is 2.00 bits per heavy atom. The fourth-order valence-corrected chi connectivity index (χ4v) is 2.75. The first-order chi connectivity index (χ1) is 13.0. The van der Waals surface area contributed by atoms with Crippen LogP contribution in [0, 0.1) is 17.1 Å². The normalized spacial score (nSPS) is 10.3. The molecule has 0 saturated carbocycles. The van der Waals surface area contributed by atoms with Gasteiger partial charge in [0.25, 0.3) is 11.5 Å². The lowest BCUT2D eigenvalue weighted by Crippen LogP contribution is -2.29. The number of hydrogen-bond donors (Lipinski definition) is 1. The monoisotopic (exact) mass is 381 g/mol. The SMILES string of the molecule is N#Cc1ccc(Cl)cc1NC(=O)c1cccn(Cc2cccc(F)c2)c1=O. The summed E-state index contributed by atoms with van der Waals surface area (Å²) in [6, 6.07) is 15.2. The molecular weight excluding hydrogens is 369 g/mol. The summed E-state index contributed by atoms with van der Waals surface area (Å²) in [6.45, 7) is 0.123. The lowest BCUT2D eigenvalue weighted by molar-refractivity contribution is 0.102. The van der Waals surface area contributed by atoms with E-state index in [1.165, 1.54) is 47.2 Å². The van der Waals surface area contributed by atoms with Crippen molar-refractivity contribution in [2.24, 2.45) is 0 Å². The van der Waals surface area contributed by atoms with Gasteiger partial charge in [-0.2, -0.15) is 5.26 Å².